The van der Waals surface area contributed by atoms with E-state index < -0.39 is 17.6 Å². The second-order valence-corrected chi connectivity index (χ2v) is 3.95. The first-order valence-corrected chi connectivity index (χ1v) is 5.74. The summed E-state index contributed by atoms with van der Waals surface area (Å²) in [5.74, 6) is -2.05. The predicted molar refractivity (Wildman–Crippen MR) is 68.7 cm³/mol. The van der Waals surface area contributed by atoms with E-state index in [9.17, 15) is 9.59 Å². The van der Waals surface area contributed by atoms with Gasteiger partial charge in [0.15, 0.2) is 16.9 Å². The second-order valence-electron chi connectivity index (χ2n) is 3.95. The number of hydrogen-bond acceptors (Lipinski definition) is 7. The van der Waals surface area contributed by atoms with Gasteiger partial charge in [0.25, 0.3) is 5.91 Å². The monoisotopic (exact) mass is 285 g/mol. The minimum absolute atomic E-state index is 0.293. The number of anilines is 1. The number of hydrogen-bond donors (Lipinski definition) is 2. The molecule has 3 rings (SSSR count). The van der Waals surface area contributed by atoms with Crippen molar-refractivity contribution in [2.45, 2.75) is 0 Å². The molecule has 9 nitrogen and oxygen atoms in total. The maximum atomic E-state index is 12.1. The Bertz CT molecular complexity index is 844. The maximum absolute atomic E-state index is 12.1. The molecule has 104 valence electrons. The van der Waals surface area contributed by atoms with E-state index in [0.29, 0.717) is 16.7 Å². The molecule has 0 aliphatic rings. The van der Waals surface area contributed by atoms with Crippen molar-refractivity contribution in [3.63, 3.8) is 0 Å². The highest BCUT2D eigenvalue weighted by atomic mass is 16.6. The molecule has 3 aromatic rings. The first-order valence-electron chi connectivity index (χ1n) is 5.74. The van der Waals surface area contributed by atoms with E-state index >= 15 is 0 Å². The first kappa shape index (κ1) is 12.7. The average molecular weight is 285 g/mol. The smallest absolute Gasteiger partial charge is 0.356 e. The fourth-order valence-corrected chi connectivity index (χ4v) is 1.75. The van der Waals surface area contributed by atoms with E-state index in [4.69, 9.17) is 5.11 Å². The number of rotatable bonds is 3. The van der Waals surface area contributed by atoms with Gasteiger partial charge < -0.3 is 10.4 Å². The average Bonchev–Trinajstić information content (AvgIpc) is 2.96. The summed E-state index contributed by atoms with van der Waals surface area (Å²) in [4.78, 5) is 30.6. The van der Waals surface area contributed by atoms with Gasteiger partial charge in [-0.05, 0) is 22.4 Å². The molecule has 0 fully saturated rings. The lowest BCUT2D eigenvalue weighted by atomic mass is 10.2. The lowest BCUT2D eigenvalue weighted by Crippen LogP contribution is -2.19. The summed E-state index contributed by atoms with van der Waals surface area (Å²) in [6.45, 7) is 0. The summed E-state index contributed by atoms with van der Waals surface area (Å²) in [6.07, 6.45) is 2.43. The van der Waals surface area contributed by atoms with Crippen LogP contribution < -0.4 is 5.32 Å². The van der Waals surface area contributed by atoms with E-state index in [-0.39, 0.29) is 5.69 Å². The first-order chi connectivity index (χ1) is 10.2. The van der Waals surface area contributed by atoms with E-state index in [0.717, 1.165) is 0 Å². The SMILES string of the molecule is O=C(O)c1nccnc1C(=O)Nc1cccc2nonc12. The van der Waals surface area contributed by atoms with Crippen LogP contribution in [-0.2, 0) is 0 Å². The van der Waals surface area contributed by atoms with Gasteiger partial charge in [-0.2, -0.15) is 0 Å². The molecule has 0 aliphatic heterocycles. The van der Waals surface area contributed by atoms with Gasteiger partial charge in [-0.15, -0.1) is 0 Å². The van der Waals surface area contributed by atoms with Crippen LogP contribution in [0.25, 0.3) is 11.0 Å². The number of carboxylic acids is 1. The summed E-state index contributed by atoms with van der Waals surface area (Å²) in [7, 11) is 0. The number of aromatic carboxylic acids is 1. The number of benzene rings is 1. The summed E-state index contributed by atoms with van der Waals surface area (Å²) in [5.41, 5.74) is 0.427. The Balaban J connectivity index is 1.97. The number of fused-ring (bicyclic) bond motifs is 1. The van der Waals surface area contributed by atoms with Gasteiger partial charge in [0.1, 0.15) is 5.52 Å². The van der Waals surface area contributed by atoms with Crippen molar-refractivity contribution in [3.8, 4) is 0 Å². The zero-order chi connectivity index (χ0) is 14.8. The van der Waals surface area contributed by atoms with Crippen molar-refractivity contribution in [1.29, 1.82) is 0 Å². The number of carboxylic acid groups (broad SMARTS) is 1. The Kier molecular flexibility index (Phi) is 2.99. The molecule has 9 heteroatoms. The quantitative estimate of drug-likeness (QED) is 0.727. The Hall–Kier alpha value is -3.36. The van der Waals surface area contributed by atoms with Gasteiger partial charge in [0.05, 0.1) is 5.69 Å². The Morgan fingerprint density at radius 3 is 2.62 bits per heavy atom. The molecular formula is C12H7N5O4. The van der Waals surface area contributed by atoms with Crippen LogP contribution >= 0.6 is 0 Å². The molecule has 0 radical (unpaired) electrons. The number of nitrogens with zero attached hydrogens (tertiary/aromatic N) is 4. The molecule has 0 atom stereocenters. The number of aromatic nitrogens is 4. The van der Waals surface area contributed by atoms with Gasteiger partial charge >= 0.3 is 5.97 Å². The van der Waals surface area contributed by atoms with Crippen LogP contribution in [0.4, 0.5) is 5.69 Å². The van der Waals surface area contributed by atoms with Crippen LogP contribution in [-0.4, -0.2) is 37.3 Å². The van der Waals surface area contributed by atoms with E-state index in [2.05, 4.69) is 30.2 Å². The molecule has 0 bridgehead atoms. The standard InChI is InChI=1S/C12H7N5O4/c18-11(9-10(12(19)20)14-5-4-13-9)15-6-2-1-3-7-8(6)17-21-16-7/h1-5H,(H,15,18)(H,19,20). The van der Waals surface area contributed by atoms with Gasteiger partial charge in [0, 0.05) is 12.4 Å². The molecule has 2 aromatic heterocycles. The van der Waals surface area contributed by atoms with Crippen molar-refractivity contribution < 1.29 is 19.3 Å². The highest BCUT2D eigenvalue weighted by Gasteiger charge is 2.20. The van der Waals surface area contributed by atoms with Gasteiger partial charge in [-0.1, -0.05) is 6.07 Å². The molecular weight excluding hydrogens is 278 g/mol. The molecule has 21 heavy (non-hydrogen) atoms. The zero-order valence-corrected chi connectivity index (χ0v) is 10.3. The Morgan fingerprint density at radius 2 is 1.86 bits per heavy atom. The van der Waals surface area contributed by atoms with Crippen LogP contribution in [0.1, 0.15) is 21.0 Å². The lowest BCUT2D eigenvalue weighted by molar-refractivity contribution is 0.0685. The van der Waals surface area contributed by atoms with Gasteiger partial charge in [0.2, 0.25) is 0 Å². The zero-order valence-electron chi connectivity index (χ0n) is 10.3. The van der Waals surface area contributed by atoms with Crippen molar-refractivity contribution in [3.05, 3.63) is 42.0 Å². The molecule has 0 spiro atoms. The number of carbonyl (C=O) groups is 2. The van der Waals surface area contributed by atoms with E-state index in [1.54, 1.807) is 18.2 Å². The van der Waals surface area contributed by atoms with E-state index in [1.807, 2.05) is 0 Å². The topological polar surface area (TPSA) is 131 Å². The summed E-state index contributed by atoms with van der Waals surface area (Å²) in [5, 5.41) is 18.8. The van der Waals surface area contributed by atoms with Gasteiger partial charge in [-0.25, -0.2) is 19.4 Å². The van der Waals surface area contributed by atoms with Crippen molar-refractivity contribution in [1.82, 2.24) is 20.3 Å². The van der Waals surface area contributed by atoms with Crippen LogP contribution in [0.15, 0.2) is 35.2 Å². The largest absolute Gasteiger partial charge is 0.476 e. The molecule has 0 saturated heterocycles. The van der Waals surface area contributed by atoms with Crippen molar-refractivity contribution in [2.75, 3.05) is 5.32 Å². The molecule has 0 aliphatic carbocycles. The fourth-order valence-electron chi connectivity index (χ4n) is 1.75. The summed E-state index contributed by atoms with van der Waals surface area (Å²) < 4.78 is 4.58. The van der Waals surface area contributed by atoms with Crippen LogP contribution in [0.3, 0.4) is 0 Å². The van der Waals surface area contributed by atoms with Crippen LogP contribution in [0.2, 0.25) is 0 Å². The predicted octanol–water partition coefficient (Wildman–Crippen LogP) is 0.963. The van der Waals surface area contributed by atoms with Gasteiger partial charge in [-0.3, -0.25) is 4.79 Å². The second kappa shape index (κ2) is 4.96. The molecule has 1 amide bonds. The molecule has 1 aromatic carbocycles. The molecule has 0 unspecified atom stereocenters. The lowest BCUT2D eigenvalue weighted by Gasteiger charge is -2.05. The Morgan fingerprint density at radius 1 is 1.10 bits per heavy atom. The molecule has 2 heterocycles. The minimum Gasteiger partial charge on any atom is -0.476 e. The highest BCUT2D eigenvalue weighted by molar-refractivity contribution is 6.10. The third-order valence-corrected chi connectivity index (χ3v) is 2.65. The number of amides is 1. The molecule has 2 N–H and O–H groups in total. The normalized spacial score (nSPS) is 10.5. The Labute approximate surface area is 116 Å². The third kappa shape index (κ3) is 2.27. The van der Waals surface area contributed by atoms with Crippen LogP contribution in [0.5, 0.6) is 0 Å². The number of carbonyl (C=O) groups excluding carboxylic acids is 1. The fraction of sp³-hybridized carbons (Fsp3) is 0. The summed E-state index contributed by atoms with van der Waals surface area (Å²) >= 11 is 0. The van der Waals surface area contributed by atoms with Crippen LogP contribution in [0, 0.1) is 0 Å². The third-order valence-electron chi connectivity index (χ3n) is 2.65. The highest BCUT2D eigenvalue weighted by Crippen LogP contribution is 2.20. The van der Waals surface area contributed by atoms with Crippen molar-refractivity contribution >= 4 is 28.6 Å². The minimum atomic E-state index is -1.34. The molecule has 0 saturated carbocycles. The summed E-state index contributed by atoms with van der Waals surface area (Å²) in [6, 6.07) is 4.89. The van der Waals surface area contributed by atoms with E-state index in [1.165, 1.54) is 12.4 Å². The van der Waals surface area contributed by atoms with Crippen molar-refractivity contribution in [2.24, 2.45) is 0 Å². The maximum Gasteiger partial charge on any atom is 0.356 e. The number of nitrogens with one attached hydrogen (secondary N) is 1.